The first-order valence-electron chi connectivity index (χ1n) is 6.26. The molecular weight excluding hydrogens is 278 g/mol. The average molecular weight is 295 g/mol. The van der Waals surface area contributed by atoms with Gasteiger partial charge in [-0.1, -0.05) is 25.5 Å². The molecule has 0 fully saturated rings. The number of carbonyl (C=O) groups is 1. The third-order valence-electron chi connectivity index (χ3n) is 2.51. The van der Waals surface area contributed by atoms with E-state index in [1.54, 1.807) is 18.2 Å². The fraction of sp³-hybridized carbons (Fsp3) is 0.385. The highest BCUT2D eigenvalue weighted by Gasteiger charge is 2.18. The number of nitriles is 1. The molecule has 0 unspecified atom stereocenters. The van der Waals surface area contributed by atoms with Crippen LogP contribution in [-0.2, 0) is 14.8 Å². The Balaban J connectivity index is 2.95. The Bertz CT molecular complexity index is 606. The van der Waals surface area contributed by atoms with Crippen molar-refractivity contribution in [2.24, 2.45) is 0 Å². The molecule has 108 valence electrons. The van der Waals surface area contributed by atoms with Gasteiger partial charge < -0.3 is 5.32 Å². The Morgan fingerprint density at radius 3 is 2.70 bits per heavy atom. The molecule has 1 amide bonds. The van der Waals surface area contributed by atoms with Crippen LogP contribution in [0.2, 0.25) is 0 Å². The van der Waals surface area contributed by atoms with Crippen LogP contribution in [0.3, 0.4) is 0 Å². The summed E-state index contributed by atoms with van der Waals surface area (Å²) in [6, 6.07) is 7.81. The molecule has 0 saturated heterocycles. The molecule has 2 N–H and O–H groups in total. The number of nitrogens with zero attached hydrogens (tertiary/aromatic N) is 1. The minimum Gasteiger partial charge on any atom is -0.324 e. The van der Waals surface area contributed by atoms with Gasteiger partial charge in [0.05, 0.1) is 11.8 Å². The topological polar surface area (TPSA) is 99.1 Å². The number of para-hydroxylation sites is 1. The number of carbonyl (C=O) groups excluding carboxylic acids is 1. The van der Waals surface area contributed by atoms with Crippen molar-refractivity contribution < 1.29 is 13.2 Å². The maximum atomic E-state index is 12.1. The zero-order valence-electron chi connectivity index (χ0n) is 11.2. The van der Waals surface area contributed by atoms with Gasteiger partial charge in [-0.25, -0.2) is 13.1 Å². The smallest absolute Gasteiger partial charge is 0.242 e. The Labute approximate surface area is 118 Å². The molecule has 0 aromatic heterocycles. The predicted molar refractivity (Wildman–Crippen MR) is 75.4 cm³/mol. The van der Waals surface area contributed by atoms with E-state index in [-0.39, 0.29) is 17.0 Å². The van der Waals surface area contributed by atoms with Crippen LogP contribution in [0.15, 0.2) is 29.2 Å². The highest BCUT2D eigenvalue weighted by atomic mass is 32.2. The second-order valence-electron chi connectivity index (χ2n) is 4.13. The van der Waals surface area contributed by atoms with Gasteiger partial charge in [0.1, 0.15) is 11.3 Å². The summed E-state index contributed by atoms with van der Waals surface area (Å²) in [6.45, 7) is 2.31. The van der Waals surface area contributed by atoms with E-state index in [9.17, 15) is 13.2 Å². The maximum absolute atomic E-state index is 12.1. The molecular formula is C13H17N3O3S. The van der Waals surface area contributed by atoms with Crippen LogP contribution in [0.5, 0.6) is 0 Å². The molecule has 1 aromatic carbocycles. The first-order chi connectivity index (χ1) is 9.51. The SMILES string of the molecule is CCCCNS(=O)(=O)c1ccccc1NC(=O)CC#N. The van der Waals surface area contributed by atoms with E-state index >= 15 is 0 Å². The summed E-state index contributed by atoms with van der Waals surface area (Å²) in [7, 11) is -3.67. The molecule has 0 spiro atoms. The standard InChI is InChI=1S/C13H17N3O3S/c1-2-3-10-15-20(18,19)12-7-5-4-6-11(12)16-13(17)8-9-14/h4-7,15H,2-3,8,10H2,1H3,(H,16,17). The number of benzene rings is 1. The third kappa shape index (κ3) is 4.64. The van der Waals surface area contributed by atoms with E-state index < -0.39 is 15.9 Å². The van der Waals surface area contributed by atoms with E-state index in [1.807, 2.05) is 6.92 Å². The molecule has 0 aliphatic rings. The number of rotatable bonds is 7. The number of nitrogens with one attached hydrogen (secondary N) is 2. The molecule has 6 nitrogen and oxygen atoms in total. The zero-order chi connectivity index (χ0) is 15.0. The molecule has 1 aromatic rings. The summed E-state index contributed by atoms with van der Waals surface area (Å²) in [5, 5.41) is 10.9. The molecule has 0 aliphatic heterocycles. The van der Waals surface area contributed by atoms with Gasteiger partial charge in [-0.3, -0.25) is 4.79 Å². The van der Waals surface area contributed by atoms with Crippen molar-refractivity contribution in [1.82, 2.24) is 4.72 Å². The van der Waals surface area contributed by atoms with Gasteiger partial charge in [-0.15, -0.1) is 0 Å². The minimum atomic E-state index is -3.67. The van der Waals surface area contributed by atoms with Crippen molar-refractivity contribution >= 4 is 21.6 Å². The Morgan fingerprint density at radius 2 is 2.05 bits per heavy atom. The lowest BCUT2D eigenvalue weighted by atomic mass is 10.3. The van der Waals surface area contributed by atoms with Crippen LogP contribution in [0.25, 0.3) is 0 Å². The van der Waals surface area contributed by atoms with Crippen LogP contribution in [-0.4, -0.2) is 20.9 Å². The fourth-order valence-corrected chi connectivity index (χ4v) is 2.77. The van der Waals surface area contributed by atoms with Gasteiger partial charge in [0.25, 0.3) is 0 Å². The van der Waals surface area contributed by atoms with Crippen LogP contribution in [0, 0.1) is 11.3 Å². The van der Waals surface area contributed by atoms with Crippen molar-refractivity contribution in [3.63, 3.8) is 0 Å². The summed E-state index contributed by atoms with van der Waals surface area (Å²) in [5.74, 6) is -0.538. The van der Waals surface area contributed by atoms with E-state index in [0.717, 1.165) is 12.8 Å². The molecule has 0 heterocycles. The van der Waals surface area contributed by atoms with Crippen LogP contribution >= 0.6 is 0 Å². The Kier molecular flexibility index (Phi) is 6.15. The van der Waals surface area contributed by atoms with Gasteiger partial charge in [-0.05, 0) is 18.6 Å². The zero-order valence-corrected chi connectivity index (χ0v) is 12.0. The monoisotopic (exact) mass is 295 g/mol. The molecule has 0 bridgehead atoms. The van der Waals surface area contributed by atoms with E-state index in [4.69, 9.17) is 5.26 Å². The largest absolute Gasteiger partial charge is 0.324 e. The van der Waals surface area contributed by atoms with Gasteiger partial charge in [0, 0.05) is 6.54 Å². The highest BCUT2D eigenvalue weighted by molar-refractivity contribution is 7.89. The Morgan fingerprint density at radius 1 is 1.35 bits per heavy atom. The van der Waals surface area contributed by atoms with Gasteiger partial charge in [0.15, 0.2) is 0 Å². The number of unbranched alkanes of at least 4 members (excludes halogenated alkanes) is 1. The van der Waals surface area contributed by atoms with Crippen LogP contribution in [0.1, 0.15) is 26.2 Å². The predicted octanol–water partition coefficient (Wildman–Crippen LogP) is 1.62. The molecule has 0 saturated carbocycles. The quantitative estimate of drug-likeness (QED) is 0.746. The molecule has 0 aliphatic carbocycles. The van der Waals surface area contributed by atoms with Crippen LogP contribution in [0.4, 0.5) is 5.69 Å². The molecule has 20 heavy (non-hydrogen) atoms. The number of sulfonamides is 1. The van der Waals surface area contributed by atoms with Gasteiger partial charge in [0.2, 0.25) is 15.9 Å². The summed E-state index contributed by atoms with van der Waals surface area (Å²) < 4.78 is 26.8. The summed E-state index contributed by atoms with van der Waals surface area (Å²) in [5.41, 5.74) is 0.178. The molecule has 1 rings (SSSR count). The second-order valence-corrected chi connectivity index (χ2v) is 5.87. The molecule has 0 radical (unpaired) electrons. The molecule has 7 heteroatoms. The maximum Gasteiger partial charge on any atom is 0.242 e. The minimum absolute atomic E-state index is 0.00222. The second kappa shape index (κ2) is 7.62. The lowest BCUT2D eigenvalue weighted by Gasteiger charge is -2.11. The number of hydrogen-bond acceptors (Lipinski definition) is 4. The van der Waals surface area contributed by atoms with E-state index in [2.05, 4.69) is 10.0 Å². The number of anilines is 1. The van der Waals surface area contributed by atoms with E-state index in [0.29, 0.717) is 6.54 Å². The van der Waals surface area contributed by atoms with Crippen molar-refractivity contribution in [2.75, 3.05) is 11.9 Å². The highest BCUT2D eigenvalue weighted by Crippen LogP contribution is 2.20. The van der Waals surface area contributed by atoms with Gasteiger partial charge in [-0.2, -0.15) is 5.26 Å². The first kappa shape index (κ1) is 16.1. The average Bonchev–Trinajstić information content (AvgIpc) is 2.39. The molecule has 0 atom stereocenters. The van der Waals surface area contributed by atoms with Gasteiger partial charge >= 0.3 is 0 Å². The van der Waals surface area contributed by atoms with Crippen molar-refractivity contribution in [3.05, 3.63) is 24.3 Å². The number of hydrogen-bond donors (Lipinski definition) is 2. The summed E-state index contributed by atoms with van der Waals surface area (Å²) in [4.78, 5) is 11.4. The van der Waals surface area contributed by atoms with Crippen molar-refractivity contribution in [2.45, 2.75) is 31.1 Å². The van der Waals surface area contributed by atoms with Crippen LogP contribution < -0.4 is 10.0 Å². The number of amides is 1. The van der Waals surface area contributed by atoms with Crippen molar-refractivity contribution in [1.29, 1.82) is 5.26 Å². The Hall–Kier alpha value is -1.91. The summed E-state index contributed by atoms with van der Waals surface area (Å²) >= 11 is 0. The lowest BCUT2D eigenvalue weighted by molar-refractivity contribution is -0.115. The fourth-order valence-electron chi connectivity index (χ4n) is 1.53. The summed E-state index contributed by atoms with van der Waals surface area (Å²) in [6.07, 6.45) is 1.29. The lowest BCUT2D eigenvalue weighted by Crippen LogP contribution is -2.26. The van der Waals surface area contributed by atoms with Crippen molar-refractivity contribution in [3.8, 4) is 6.07 Å². The third-order valence-corrected chi connectivity index (χ3v) is 4.03. The first-order valence-corrected chi connectivity index (χ1v) is 7.75. The normalized spacial score (nSPS) is 10.8. The van der Waals surface area contributed by atoms with E-state index in [1.165, 1.54) is 12.1 Å².